The number of hydrogen-bond donors (Lipinski definition) is 2. The van der Waals surface area contributed by atoms with Crippen LogP contribution in [-0.4, -0.2) is 29.5 Å². The minimum Gasteiger partial charge on any atom is -0.381 e. The molecule has 1 fully saturated rings. The molecular weight excluding hydrogens is 178 g/mol. The van der Waals surface area contributed by atoms with Crippen molar-refractivity contribution in [3.63, 3.8) is 0 Å². The highest BCUT2D eigenvalue weighted by Crippen LogP contribution is 2.28. The van der Waals surface area contributed by atoms with E-state index >= 15 is 0 Å². The Hall–Kier alpha value is -1.03. The number of H-pyrrole nitrogens is 1. The zero-order valence-corrected chi connectivity index (χ0v) is 8.92. The monoisotopic (exact) mass is 195 g/mol. The average Bonchev–Trinajstić information content (AvgIpc) is 2.40. The largest absolute Gasteiger partial charge is 0.381 e. The summed E-state index contributed by atoms with van der Waals surface area (Å²) in [7, 11) is 1.77. The molecule has 2 rings (SSSR count). The maximum Gasteiger partial charge on any atom is 0.0825 e. The summed E-state index contributed by atoms with van der Waals surface area (Å²) in [6, 6.07) is 0.551. The van der Waals surface area contributed by atoms with E-state index in [4.69, 9.17) is 4.74 Å². The molecule has 0 unspecified atom stereocenters. The standard InChI is InChI=1S/C10H17N3O/c1-6-10(7(2)13-12-6)11-8-4-9(5-8)14-3/h8-9,11H,4-5H2,1-3H3,(H,12,13). The van der Waals surface area contributed by atoms with Gasteiger partial charge in [-0.2, -0.15) is 5.10 Å². The number of methoxy groups -OCH3 is 1. The second kappa shape index (κ2) is 3.61. The van der Waals surface area contributed by atoms with Gasteiger partial charge in [-0.1, -0.05) is 0 Å². The van der Waals surface area contributed by atoms with Crippen molar-refractivity contribution in [2.45, 2.75) is 38.8 Å². The molecule has 14 heavy (non-hydrogen) atoms. The number of aryl methyl sites for hydroxylation is 2. The summed E-state index contributed by atoms with van der Waals surface area (Å²) < 4.78 is 5.23. The first-order valence-corrected chi connectivity index (χ1v) is 5.01. The van der Waals surface area contributed by atoms with Gasteiger partial charge in [-0.3, -0.25) is 5.10 Å². The highest BCUT2D eigenvalue weighted by atomic mass is 16.5. The van der Waals surface area contributed by atoms with Crippen LogP contribution < -0.4 is 5.32 Å². The molecule has 2 N–H and O–H groups in total. The van der Waals surface area contributed by atoms with E-state index in [-0.39, 0.29) is 0 Å². The molecule has 4 heteroatoms. The number of rotatable bonds is 3. The number of hydrogen-bond acceptors (Lipinski definition) is 3. The number of nitrogens with zero attached hydrogens (tertiary/aromatic N) is 1. The fourth-order valence-electron chi connectivity index (χ4n) is 1.84. The molecule has 0 aliphatic heterocycles. The minimum absolute atomic E-state index is 0.444. The topological polar surface area (TPSA) is 49.9 Å². The van der Waals surface area contributed by atoms with Crippen LogP contribution in [0, 0.1) is 13.8 Å². The van der Waals surface area contributed by atoms with E-state index < -0.39 is 0 Å². The number of anilines is 1. The predicted molar refractivity (Wildman–Crippen MR) is 55.5 cm³/mol. The highest BCUT2D eigenvalue weighted by Gasteiger charge is 2.29. The Morgan fingerprint density at radius 3 is 2.64 bits per heavy atom. The van der Waals surface area contributed by atoms with E-state index in [1.807, 2.05) is 13.8 Å². The van der Waals surface area contributed by atoms with Crippen LogP contribution in [0.15, 0.2) is 0 Å². The van der Waals surface area contributed by atoms with Crippen LogP contribution in [0.5, 0.6) is 0 Å². The molecule has 1 aliphatic carbocycles. The third kappa shape index (κ3) is 1.62. The second-order valence-corrected chi connectivity index (χ2v) is 3.98. The van der Waals surface area contributed by atoms with E-state index in [1.54, 1.807) is 7.11 Å². The van der Waals surface area contributed by atoms with Crippen molar-refractivity contribution in [2.24, 2.45) is 0 Å². The van der Waals surface area contributed by atoms with Crippen molar-refractivity contribution < 1.29 is 4.74 Å². The minimum atomic E-state index is 0.444. The van der Waals surface area contributed by atoms with E-state index in [0.29, 0.717) is 12.1 Å². The number of aromatic amines is 1. The maximum atomic E-state index is 5.23. The summed E-state index contributed by atoms with van der Waals surface area (Å²) >= 11 is 0. The van der Waals surface area contributed by atoms with Crippen LogP contribution >= 0.6 is 0 Å². The van der Waals surface area contributed by atoms with Crippen LogP contribution in [0.1, 0.15) is 24.2 Å². The summed E-state index contributed by atoms with van der Waals surface area (Å²) in [6.07, 6.45) is 2.64. The average molecular weight is 195 g/mol. The van der Waals surface area contributed by atoms with E-state index in [1.165, 1.54) is 0 Å². The van der Waals surface area contributed by atoms with Crippen LogP contribution in [0.3, 0.4) is 0 Å². The third-order valence-corrected chi connectivity index (χ3v) is 2.90. The predicted octanol–water partition coefficient (Wildman–Crippen LogP) is 1.62. The zero-order valence-electron chi connectivity index (χ0n) is 8.92. The van der Waals surface area contributed by atoms with Crippen molar-refractivity contribution in [1.82, 2.24) is 10.2 Å². The van der Waals surface area contributed by atoms with Gasteiger partial charge >= 0.3 is 0 Å². The third-order valence-electron chi connectivity index (χ3n) is 2.90. The van der Waals surface area contributed by atoms with Crippen molar-refractivity contribution >= 4 is 5.69 Å². The number of nitrogens with one attached hydrogen (secondary N) is 2. The smallest absolute Gasteiger partial charge is 0.0825 e. The van der Waals surface area contributed by atoms with Gasteiger partial charge in [-0.15, -0.1) is 0 Å². The van der Waals surface area contributed by atoms with Crippen molar-refractivity contribution in [1.29, 1.82) is 0 Å². The molecular formula is C10H17N3O. The molecule has 0 radical (unpaired) electrons. The van der Waals surface area contributed by atoms with Crippen molar-refractivity contribution in [3.8, 4) is 0 Å². The lowest BCUT2D eigenvalue weighted by Crippen LogP contribution is -2.40. The zero-order chi connectivity index (χ0) is 10.1. The Kier molecular flexibility index (Phi) is 2.46. The fourth-order valence-corrected chi connectivity index (χ4v) is 1.84. The van der Waals surface area contributed by atoms with Gasteiger partial charge in [0.2, 0.25) is 0 Å². The molecule has 1 aromatic heterocycles. The van der Waals surface area contributed by atoms with E-state index in [0.717, 1.165) is 29.9 Å². The highest BCUT2D eigenvalue weighted by molar-refractivity contribution is 5.52. The molecule has 0 atom stereocenters. The van der Waals surface area contributed by atoms with E-state index in [2.05, 4.69) is 15.5 Å². The lowest BCUT2D eigenvalue weighted by molar-refractivity contribution is 0.0328. The second-order valence-electron chi connectivity index (χ2n) is 3.98. The number of ether oxygens (including phenoxy) is 1. The molecule has 0 spiro atoms. The summed E-state index contributed by atoms with van der Waals surface area (Å²) in [4.78, 5) is 0. The SMILES string of the molecule is COC1CC(Nc2c(C)n[nH]c2C)C1. The van der Waals surface area contributed by atoms with Crippen molar-refractivity contribution in [3.05, 3.63) is 11.4 Å². The van der Waals surface area contributed by atoms with E-state index in [9.17, 15) is 0 Å². The van der Waals surface area contributed by atoms with Crippen LogP contribution in [0.2, 0.25) is 0 Å². The van der Waals surface area contributed by atoms with Gasteiger partial charge in [-0.25, -0.2) is 0 Å². The lowest BCUT2D eigenvalue weighted by Gasteiger charge is -2.35. The first-order valence-electron chi connectivity index (χ1n) is 5.01. The first kappa shape index (κ1) is 9.52. The van der Waals surface area contributed by atoms with Crippen LogP contribution in [-0.2, 0) is 4.74 Å². The summed E-state index contributed by atoms with van der Waals surface area (Å²) in [5.74, 6) is 0. The first-order chi connectivity index (χ1) is 6.70. The molecule has 0 amide bonds. The maximum absolute atomic E-state index is 5.23. The van der Waals surface area contributed by atoms with Gasteiger partial charge in [0.15, 0.2) is 0 Å². The van der Waals surface area contributed by atoms with Gasteiger partial charge in [0.05, 0.1) is 23.2 Å². The molecule has 0 saturated heterocycles. The molecule has 1 heterocycles. The quantitative estimate of drug-likeness (QED) is 0.770. The normalized spacial score (nSPS) is 25.9. The Bertz CT molecular complexity index is 296. The summed E-state index contributed by atoms with van der Waals surface area (Å²) in [6.45, 7) is 4.05. The Balaban J connectivity index is 1.93. The van der Waals surface area contributed by atoms with Gasteiger partial charge in [0.1, 0.15) is 0 Å². The molecule has 1 aliphatic rings. The van der Waals surface area contributed by atoms with Crippen LogP contribution in [0.4, 0.5) is 5.69 Å². The molecule has 4 nitrogen and oxygen atoms in total. The number of aromatic nitrogens is 2. The molecule has 0 aromatic carbocycles. The summed E-state index contributed by atoms with van der Waals surface area (Å²) in [5.41, 5.74) is 3.32. The molecule has 0 bridgehead atoms. The summed E-state index contributed by atoms with van der Waals surface area (Å²) in [5, 5.41) is 10.6. The Morgan fingerprint density at radius 2 is 2.14 bits per heavy atom. The fraction of sp³-hybridized carbons (Fsp3) is 0.700. The molecule has 1 saturated carbocycles. The molecule has 1 aromatic rings. The van der Waals surface area contributed by atoms with Gasteiger partial charge in [0, 0.05) is 13.2 Å². The van der Waals surface area contributed by atoms with Crippen molar-refractivity contribution in [2.75, 3.05) is 12.4 Å². The van der Waals surface area contributed by atoms with Gasteiger partial charge in [-0.05, 0) is 26.7 Å². The van der Waals surface area contributed by atoms with Crippen LogP contribution in [0.25, 0.3) is 0 Å². The van der Waals surface area contributed by atoms with Gasteiger partial charge < -0.3 is 10.1 Å². The Morgan fingerprint density at radius 1 is 1.43 bits per heavy atom. The molecule has 78 valence electrons. The van der Waals surface area contributed by atoms with Gasteiger partial charge in [0.25, 0.3) is 0 Å². The Labute approximate surface area is 84.0 Å². The lowest BCUT2D eigenvalue weighted by atomic mass is 9.89.